The van der Waals surface area contributed by atoms with Gasteiger partial charge in [-0.3, -0.25) is 0 Å². The van der Waals surface area contributed by atoms with Crippen molar-refractivity contribution in [1.29, 1.82) is 0 Å². The molecule has 3 rings (SSSR count). The Bertz CT molecular complexity index is 639. The van der Waals surface area contributed by atoms with Crippen LogP contribution in [-0.2, 0) is 13.0 Å². The van der Waals surface area contributed by atoms with Crippen LogP contribution in [0.4, 0.5) is 0 Å². The van der Waals surface area contributed by atoms with Crippen LogP contribution in [0.2, 0.25) is 5.02 Å². The van der Waals surface area contributed by atoms with Crippen LogP contribution in [0.25, 0.3) is 0 Å². The smallest absolute Gasteiger partial charge is 0.196 e. The van der Waals surface area contributed by atoms with E-state index >= 15 is 0 Å². The molecule has 21 heavy (non-hydrogen) atoms. The molecule has 0 saturated heterocycles. The highest BCUT2D eigenvalue weighted by atomic mass is 35.5. The first-order valence-corrected chi connectivity index (χ1v) is 8.49. The SMILES string of the molecule is CC(N)c1ccc(Sc2nnc3n2CCCCC3)c(Cl)c1. The minimum atomic E-state index is -0.00841. The Kier molecular flexibility index (Phi) is 4.52. The normalized spacial score (nSPS) is 16.3. The highest BCUT2D eigenvalue weighted by Gasteiger charge is 2.16. The molecule has 1 aliphatic rings. The summed E-state index contributed by atoms with van der Waals surface area (Å²) in [7, 11) is 0. The first-order valence-electron chi connectivity index (χ1n) is 7.30. The molecule has 1 aromatic carbocycles. The molecule has 1 aliphatic heterocycles. The molecule has 0 spiro atoms. The molecule has 0 fully saturated rings. The highest BCUT2D eigenvalue weighted by Crippen LogP contribution is 2.34. The molecule has 112 valence electrons. The number of hydrogen-bond acceptors (Lipinski definition) is 4. The number of nitrogens with zero attached hydrogens (tertiary/aromatic N) is 3. The van der Waals surface area contributed by atoms with E-state index in [-0.39, 0.29) is 6.04 Å². The zero-order chi connectivity index (χ0) is 14.8. The summed E-state index contributed by atoms with van der Waals surface area (Å²) >= 11 is 7.95. The van der Waals surface area contributed by atoms with Gasteiger partial charge in [-0.1, -0.05) is 24.1 Å². The van der Waals surface area contributed by atoms with E-state index in [1.165, 1.54) is 19.3 Å². The summed E-state index contributed by atoms with van der Waals surface area (Å²) in [5.74, 6) is 1.10. The highest BCUT2D eigenvalue weighted by molar-refractivity contribution is 7.99. The Labute approximate surface area is 134 Å². The van der Waals surface area contributed by atoms with Crippen LogP contribution in [0.1, 0.15) is 43.6 Å². The summed E-state index contributed by atoms with van der Waals surface area (Å²) in [5, 5.41) is 10.3. The molecular formula is C15H19ClN4S. The van der Waals surface area contributed by atoms with Gasteiger partial charge in [0.15, 0.2) is 5.16 Å². The predicted molar refractivity (Wildman–Crippen MR) is 85.8 cm³/mol. The van der Waals surface area contributed by atoms with Gasteiger partial charge in [-0.2, -0.15) is 0 Å². The fraction of sp³-hybridized carbons (Fsp3) is 0.467. The van der Waals surface area contributed by atoms with Crippen molar-refractivity contribution in [2.45, 2.75) is 55.2 Å². The molecule has 1 atom stereocenters. The Morgan fingerprint density at radius 2 is 2.14 bits per heavy atom. The average Bonchev–Trinajstić information content (AvgIpc) is 2.69. The molecule has 0 amide bonds. The van der Waals surface area contributed by atoms with Crippen molar-refractivity contribution in [3.8, 4) is 0 Å². The van der Waals surface area contributed by atoms with E-state index in [2.05, 4.69) is 14.8 Å². The molecule has 2 N–H and O–H groups in total. The maximum absolute atomic E-state index is 6.37. The maximum atomic E-state index is 6.37. The van der Waals surface area contributed by atoms with E-state index in [1.807, 2.05) is 25.1 Å². The number of aromatic nitrogens is 3. The minimum Gasteiger partial charge on any atom is -0.324 e. The molecule has 2 aromatic rings. The first-order chi connectivity index (χ1) is 10.1. The summed E-state index contributed by atoms with van der Waals surface area (Å²) < 4.78 is 2.23. The largest absolute Gasteiger partial charge is 0.324 e. The predicted octanol–water partition coefficient (Wildman–Crippen LogP) is 3.83. The Morgan fingerprint density at radius 1 is 1.29 bits per heavy atom. The third kappa shape index (κ3) is 3.25. The molecular weight excluding hydrogens is 304 g/mol. The van der Waals surface area contributed by atoms with Gasteiger partial charge in [0, 0.05) is 23.9 Å². The van der Waals surface area contributed by atoms with Crippen molar-refractivity contribution in [2.24, 2.45) is 5.73 Å². The second-order valence-electron chi connectivity index (χ2n) is 5.44. The number of fused-ring (bicyclic) bond motifs is 1. The molecule has 0 saturated carbocycles. The Morgan fingerprint density at radius 3 is 2.90 bits per heavy atom. The van der Waals surface area contributed by atoms with E-state index in [4.69, 9.17) is 17.3 Å². The molecule has 6 heteroatoms. The van der Waals surface area contributed by atoms with Gasteiger partial charge in [0.2, 0.25) is 0 Å². The molecule has 1 aromatic heterocycles. The van der Waals surface area contributed by atoms with E-state index < -0.39 is 0 Å². The van der Waals surface area contributed by atoms with Gasteiger partial charge in [0.25, 0.3) is 0 Å². The summed E-state index contributed by atoms with van der Waals surface area (Å²) in [6, 6.07) is 5.97. The lowest BCUT2D eigenvalue weighted by atomic mass is 10.1. The number of halogens is 1. The summed E-state index contributed by atoms with van der Waals surface area (Å²) in [4.78, 5) is 1.00. The Balaban J connectivity index is 1.85. The van der Waals surface area contributed by atoms with Crippen molar-refractivity contribution >= 4 is 23.4 Å². The van der Waals surface area contributed by atoms with Gasteiger partial charge < -0.3 is 10.3 Å². The van der Waals surface area contributed by atoms with Gasteiger partial charge in [-0.25, -0.2) is 0 Å². The van der Waals surface area contributed by atoms with Crippen molar-refractivity contribution in [3.05, 3.63) is 34.6 Å². The summed E-state index contributed by atoms with van der Waals surface area (Å²) in [5.41, 5.74) is 6.93. The van der Waals surface area contributed by atoms with Crippen LogP contribution in [0, 0.1) is 0 Å². The van der Waals surface area contributed by atoms with Gasteiger partial charge in [-0.05, 0) is 49.2 Å². The van der Waals surface area contributed by atoms with E-state index in [0.717, 1.165) is 39.4 Å². The lowest BCUT2D eigenvalue weighted by molar-refractivity contribution is 0.591. The second kappa shape index (κ2) is 6.38. The Hall–Kier alpha value is -1.04. The number of benzene rings is 1. The second-order valence-corrected chi connectivity index (χ2v) is 6.86. The van der Waals surface area contributed by atoms with Crippen molar-refractivity contribution in [2.75, 3.05) is 0 Å². The molecule has 1 unspecified atom stereocenters. The summed E-state index contributed by atoms with van der Waals surface area (Å²) in [6.07, 6.45) is 4.67. The third-order valence-electron chi connectivity index (χ3n) is 3.76. The zero-order valence-corrected chi connectivity index (χ0v) is 13.6. The third-order valence-corrected chi connectivity index (χ3v) is 5.24. The van der Waals surface area contributed by atoms with Crippen molar-refractivity contribution in [3.63, 3.8) is 0 Å². The lowest BCUT2D eigenvalue weighted by Crippen LogP contribution is -2.04. The maximum Gasteiger partial charge on any atom is 0.196 e. The number of aryl methyl sites for hydroxylation is 1. The fourth-order valence-electron chi connectivity index (χ4n) is 2.52. The van der Waals surface area contributed by atoms with Crippen LogP contribution in [0.5, 0.6) is 0 Å². The van der Waals surface area contributed by atoms with Crippen LogP contribution >= 0.6 is 23.4 Å². The van der Waals surface area contributed by atoms with Crippen molar-refractivity contribution < 1.29 is 0 Å². The molecule has 0 radical (unpaired) electrons. The van der Waals surface area contributed by atoms with Crippen LogP contribution in [0.15, 0.2) is 28.3 Å². The summed E-state index contributed by atoms with van der Waals surface area (Å²) in [6.45, 7) is 2.96. The van der Waals surface area contributed by atoms with E-state index in [1.54, 1.807) is 11.8 Å². The van der Waals surface area contributed by atoms with E-state index in [0.29, 0.717) is 0 Å². The monoisotopic (exact) mass is 322 g/mol. The van der Waals surface area contributed by atoms with Crippen molar-refractivity contribution in [1.82, 2.24) is 14.8 Å². The van der Waals surface area contributed by atoms with Gasteiger partial charge in [-0.15, -0.1) is 10.2 Å². The molecule has 2 heterocycles. The van der Waals surface area contributed by atoms with Gasteiger partial charge in [0.05, 0.1) is 5.02 Å². The van der Waals surface area contributed by atoms with Crippen LogP contribution < -0.4 is 5.73 Å². The first kappa shape index (κ1) is 14.9. The minimum absolute atomic E-state index is 0.00841. The average molecular weight is 323 g/mol. The van der Waals surface area contributed by atoms with E-state index in [9.17, 15) is 0 Å². The van der Waals surface area contributed by atoms with Crippen LogP contribution in [-0.4, -0.2) is 14.8 Å². The molecule has 4 nitrogen and oxygen atoms in total. The topological polar surface area (TPSA) is 56.7 Å². The quantitative estimate of drug-likeness (QED) is 0.933. The number of hydrogen-bond donors (Lipinski definition) is 1. The molecule has 0 bridgehead atoms. The van der Waals surface area contributed by atoms with Gasteiger partial charge in [0.1, 0.15) is 5.82 Å². The zero-order valence-electron chi connectivity index (χ0n) is 12.1. The molecule has 0 aliphatic carbocycles. The van der Waals surface area contributed by atoms with Gasteiger partial charge >= 0.3 is 0 Å². The fourth-order valence-corrected chi connectivity index (χ4v) is 3.70. The number of rotatable bonds is 3. The lowest BCUT2D eigenvalue weighted by Gasteiger charge is -2.10. The van der Waals surface area contributed by atoms with Crippen LogP contribution in [0.3, 0.4) is 0 Å². The standard InChI is InChI=1S/C15H19ClN4S/c1-10(17)11-6-7-13(12(16)9-11)21-15-19-18-14-5-3-2-4-8-20(14)15/h6-7,9-10H,2-5,8,17H2,1H3. The number of nitrogens with two attached hydrogens (primary N) is 1.